The Labute approximate surface area is 174 Å². The second-order valence-electron chi connectivity index (χ2n) is 6.40. The predicted molar refractivity (Wildman–Crippen MR) is 114 cm³/mol. The van der Waals surface area contributed by atoms with Gasteiger partial charge in [0.25, 0.3) is 5.91 Å². The molecule has 1 amide bonds. The van der Waals surface area contributed by atoms with Gasteiger partial charge in [-0.2, -0.15) is 0 Å². The minimum atomic E-state index is -3.80. The SMILES string of the molecule is COc1ccc(C(=O)N(c2ccccc2)c2nc(C)cs2)cc1S(=O)(=O)N(C)C. The number of methoxy groups -OCH3 is 1. The largest absolute Gasteiger partial charge is 0.495 e. The molecule has 0 aliphatic rings. The molecule has 0 saturated heterocycles. The smallest absolute Gasteiger partial charge is 0.264 e. The summed E-state index contributed by atoms with van der Waals surface area (Å²) in [7, 11) is 0.444. The first-order chi connectivity index (χ1) is 13.8. The highest BCUT2D eigenvalue weighted by Crippen LogP contribution is 2.32. The molecule has 152 valence electrons. The van der Waals surface area contributed by atoms with Crippen LogP contribution in [0.1, 0.15) is 16.1 Å². The predicted octanol–water partition coefficient (Wildman–Crippen LogP) is 3.69. The summed E-state index contributed by atoms with van der Waals surface area (Å²) in [5.41, 5.74) is 1.65. The highest BCUT2D eigenvalue weighted by molar-refractivity contribution is 7.89. The molecule has 7 nitrogen and oxygen atoms in total. The lowest BCUT2D eigenvalue weighted by Crippen LogP contribution is -2.27. The molecular formula is C20H21N3O4S2. The molecule has 3 aromatic rings. The number of sulfonamides is 1. The third kappa shape index (κ3) is 4.16. The molecular weight excluding hydrogens is 410 g/mol. The third-order valence-electron chi connectivity index (χ3n) is 4.18. The first-order valence-electron chi connectivity index (χ1n) is 8.68. The first-order valence-corrected chi connectivity index (χ1v) is 11.0. The van der Waals surface area contributed by atoms with Gasteiger partial charge in [0.15, 0.2) is 5.13 Å². The number of aryl methyl sites for hydroxylation is 1. The number of aromatic nitrogens is 1. The molecule has 0 atom stereocenters. The minimum absolute atomic E-state index is 0.0702. The molecule has 0 aliphatic carbocycles. The van der Waals surface area contributed by atoms with E-state index in [9.17, 15) is 13.2 Å². The number of para-hydroxylation sites is 1. The molecule has 0 saturated carbocycles. The van der Waals surface area contributed by atoms with Gasteiger partial charge in [-0.1, -0.05) is 18.2 Å². The van der Waals surface area contributed by atoms with Crippen LogP contribution in [0, 0.1) is 6.92 Å². The lowest BCUT2D eigenvalue weighted by molar-refractivity contribution is 0.0999. The van der Waals surface area contributed by atoms with Crippen LogP contribution in [0.15, 0.2) is 58.8 Å². The van der Waals surface area contributed by atoms with Gasteiger partial charge >= 0.3 is 0 Å². The van der Waals surface area contributed by atoms with Crippen molar-refractivity contribution in [2.24, 2.45) is 0 Å². The van der Waals surface area contributed by atoms with Crippen LogP contribution in [0.4, 0.5) is 10.8 Å². The monoisotopic (exact) mass is 431 g/mol. The van der Waals surface area contributed by atoms with E-state index in [2.05, 4.69) is 4.98 Å². The van der Waals surface area contributed by atoms with Gasteiger partial charge in [-0.05, 0) is 37.3 Å². The van der Waals surface area contributed by atoms with Crippen LogP contribution in [0.3, 0.4) is 0 Å². The third-order valence-corrected chi connectivity index (χ3v) is 6.96. The summed E-state index contributed by atoms with van der Waals surface area (Å²) in [4.78, 5) is 19.3. The molecule has 3 rings (SSSR count). The van der Waals surface area contributed by atoms with Crippen LogP contribution >= 0.6 is 11.3 Å². The Morgan fingerprint density at radius 3 is 2.34 bits per heavy atom. The summed E-state index contributed by atoms with van der Waals surface area (Å²) in [6.07, 6.45) is 0. The van der Waals surface area contributed by atoms with E-state index >= 15 is 0 Å². The Morgan fingerprint density at radius 1 is 1.10 bits per heavy atom. The van der Waals surface area contributed by atoms with Crippen LogP contribution in [0.2, 0.25) is 0 Å². The summed E-state index contributed by atoms with van der Waals surface area (Å²) in [6, 6.07) is 13.5. The molecule has 0 N–H and O–H groups in total. The quantitative estimate of drug-likeness (QED) is 0.595. The normalized spacial score (nSPS) is 11.5. The zero-order valence-electron chi connectivity index (χ0n) is 16.5. The number of anilines is 2. The molecule has 9 heteroatoms. The van der Waals surface area contributed by atoms with Crippen molar-refractivity contribution in [3.05, 3.63) is 65.2 Å². The number of amides is 1. The van der Waals surface area contributed by atoms with Crippen molar-refractivity contribution < 1.29 is 17.9 Å². The van der Waals surface area contributed by atoms with Gasteiger partial charge in [-0.3, -0.25) is 9.69 Å². The van der Waals surface area contributed by atoms with Gasteiger partial charge in [-0.15, -0.1) is 11.3 Å². The standard InChI is InChI=1S/C20H21N3O4S2/c1-14-13-28-20(21-14)23(16-8-6-5-7-9-16)19(24)15-10-11-17(27-4)18(12-15)29(25,26)22(2)3/h5-13H,1-4H3. The number of rotatable bonds is 6. The molecule has 1 aromatic heterocycles. The summed E-state index contributed by atoms with van der Waals surface area (Å²) in [5.74, 6) is -0.213. The van der Waals surface area contributed by atoms with Gasteiger partial charge in [0, 0.05) is 25.0 Å². The van der Waals surface area contributed by atoms with E-state index in [1.54, 1.807) is 18.2 Å². The summed E-state index contributed by atoms with van der Waals surface area (Å²) in [6.45, 7) is 1.85. The number of thiazole rings is 1. The van der Waals surface area contributed by atoms with Crippen molar-refractivity contribution in [3.8, 4) is 5.75 Å². The molecule has 2 aromatic carbocycles. The molecule has 0 radical (unpaired) electrons. The molecule has 0 fully saturated rings. The second kappa shape index (κ2) is 8.32. The van der Waals surface area contributed by atoms with Crippen LogP contribution in [0.5, 0.6) is 5.75 Å². The topological polar surface area (TPSA) is 79.8 Å². The zero-order valence-corrected chi connectivity index (χ0v) is 18.1. The molecule has 0 unspecified atom stereocenters. The Morgan fingerprint density at radius 2 is 1.79 bits per heavy atom. The van der Waals surface area contributed by atoms with Crippen molar-refractivity contribution in [1.29, 1.82) is 0 Å². The Balaban J connectivity index is 2.14. The fourth-order valence-corrected chi connectivity index (χ4v) is 4.57. The van der Waals surface area contributed by atoms with E-state index < -0.39 is 10.0 Å². The van der Waals surface area contributed by atoms with E-state index in [0.717, 1.165) is 10.00 Å². The number of carbonyl (C=O) groups excluding carboxylic acids is 1. The van der Waals surface area contributed by atoms with Crippen molar-refractivity contribution >= 4 is 38.1 Å². The average molecular weight is 432 g/mol. The number of ether oxygens (including phenoxy) is 1. The van der Waals surface area contributed by atoms with Gasteiger partial charge in [0.1, 0.15) is 10.6 Å². The number of nitrogens with zero attached hydrogens (tertiary/aromatic N) is 3. The number of benzene rings is 2. The average Bonchev–Trinajstić information content (AvgIpc) is 3.14. The van der Waals surface area contributed by atoms with Crippen molar-refractivity contribution in [3.63, 3.8) is 0 Å². The highest BCUT2D eigenvalue weighted by Gasteiger charge is 2.27. The van der Waals surface area contributed by atoms with Crippen molar-refractivity contribution in [2.75, 3.05) is 26.1 Å². The van der Waals surface area contributed by atoms with Crippen LogP contribution in [-0.2, 0) is 10.0 Å². The van der Waals surface area contributed by atoms with Crippen LogP contribution < -0.4 is 9.64 Å². The van der Waals surface area contributed by atoms with E-state index in [-0.39, 0.29) is 22.1 Å². The lowest BCUT2D eigenvalue weighted by atomic mass is 10.1. The van der Waals surface area contributed by atoms with Crippen molar-refractivity contribution in [1.82, 2.24) is 9.29 Å². The molecule has 0 spiro atoms. The maximum absolute atomic E-state index is 13.4. The number of carbonyl (C=O) groups is 1. The van der Waals surface area contributed by atoms with Crippen LogP contribution in [0.25, 0.3) is 0 Å². The second-order valence-corrected chi connectivity index (χ2v) is 9.36. The van der Waals surface area contributed by atoms with E-state index in [0.29, 0.717) is 10.8 Å². The van der Waals surface area contributed by atoms with Crippen molar-refractivity contribution in [2.45, 2.75) is 11.8 Å². The van der Waals surface area contributed by atoms with Gasteiger partial charge in [0.05, 0.1) is 18.5 Å². The maximum Gasteiger partial charge on any atom is 0.264 e. The highest BCUT2D eigenvalue weighted by atomic mass is 32.2. The van der Waals surface area contributed by atoms with Gasteiger partial charge < -0.3 is 4.74 Å². The first kappa shape index (κ1) is 21.0. The fraction of sp³-hybridized carbons (Fsp3) is 0.200. The molecule has 29 heavy (non-hydrogen) atoms. The summed E-state index contributed by atoms with van der Waals surface area (Å²) in [5, 5.41) is 2.36. The summed E-state index contributed by atoms with van der Waals surface area (Å²) >= 11 is 1.34. The lowest BCUT2D eigenvalue weighted by Gasteiger charge is -2.21. The van der Waals surface area contributed by atoms with E-state index in [1.807, 2.05) is 30.5 Å². The number of hydrogen-bond donors (Lipinski definition) is 0. The van der Waals surface area contributed by atoms with Gasteiger partial charge in [0.2, 0.25) is 10.0 Å². The Bertz CT molecular complexity index is 1130. The van der Waals surface area contributed by atoms with Crippen LogP contribution in [-0.4, -0.2) is 44.8 Å². The van der Waals surface area contributed by atoms with E-state index in [4.69, 9.17) is 4.74 Å². The molecule has 0 aliphatic heterocycles. The minimum Gasteiger partial charge on any atom is -0.495 e. The van der Waals surface area contributed by atoms with E-state index in [1.165, 1.54) is 49.6 Å². The Hall–Kier alpha value is -2.75. The molecule has 0 bridgehead atoms. The fourth-order valence-electron chi connectivity index (χ4n) is 2.67. The zero-order chi connectivity index (χ0) is 21.2. The Kier molecular flexibility index (Phi) is 6.02. The molecule has 1 heterocycles. The van der Waals surface area contributed by atoms with Gasteiger partial charge in [-0.25, -0.2) is 17.7 Å². The maximum atomic E-state index is 13.4. The summed E-state index contributed by atoms with van der Waals surface area (Å²) < 4.78 is 31.7. The number of hydrogen-bond acceptors (Lipinski definition) is 6.